The summed E-state index contributed by atoms with van der Waals surface area (Å²) in [5, 5.41) is 2.42. The van der Waals surface area contributed by atoms with Gasteiger partial charge in [0.05, 0.1) is 4.47 Å². The fourth-order valence-corrected chi connectivity index (χ4v) is 3.55. The summed E-state index contributed by atoms with van der Waals surface area (Å²) in [5.41, 5.74) is 8.67. The van der Waals surface area contributed by atoms with Gasteiger partial charge in [-0.25, -0.2) is 0 Å². The van der Waals surface area contributed by atoms with Gasteiger partial charge in [0, 0.05) is 5.56 Å². The Morgan fingerprint density at radius 2 is 1.62 bits per heavy atom. The van der Waals surface area contributed by atoms with Crippen LogP contribution in [0.4, 0.5) is 0 Å². The number of aryl methyl sites for hydroxylation is 1. The molecule has 0 unspecified atom stereocenters. The predicted octanol–water partition coefficient (Wildman–Crippen LogP) is 4.39. The minimum absolute atomic E-state index is 0.0340. The average molecular weight is 512 g/mol. The summed E-state index contributed by atoms with van der Waals surface area (Å²) in [6, 6.07) is 22.7. The average Bonchev–Trinajstić information content (AvgIpc) is 2.82. The van der Waals surface area contributed by atoms with E-state index in [-0.39, 0.29) is 17.6 Å². The van der Waals surface area contributed by atoms with Crippen molar-refractivity contribution in [3.05, 3.63) is 88.4 Å². The SMILES string of the molecule is CCc1ccc(OCC(=O)NC(=S)NNC(=O)c2ccc(-c3ccccc3)cc2)c(Br)c1. The van der Waals surface area contributed by atoms with E-state index in [1.54, 1.807) is 18.2 Å². The van der Waals surface area contributed by atoms with E-state index in [0.717, 1.165) is 27.6 Å². The summed E-state index contributed by atoms with van der Waals surface area (Å²) >= 11 is 8.48. The largest absolute Gasteiger partial charge is 0.483 e. The van der Waals surface area contributed by atoms with Crippen molar-refractivity contribution < 1.29 is 14.3 Å². The van der Waals surface area contributed by atoms with Crippen LogP contribution in [-0.4, -0.2) is 23.5 Å². The molecule has 3 rings (SSSR count). The van der Waals surface area contributed by atoms with Crippen LogP contribution in [0.5, 0.6) is 5.75 Å². The number of hydrazine groups is 1. The molecule has 3 aromatic carbocycles. The van der Waals surface area contributed by atoms with E-state index in [2.05, 4.69) is 39.0 Å². The van der Waals surface area contributed by atoms with Gasteiger partial charge in [-0.15, -0.1) is 0 Å². The molecule has 32 heavy (non-hydrogen) atoms. The van der Waals surface area contributed by atoms with Crippen LogP contribution in [0.1, 0.15) is 22.8 Å². The van der Waals surface area contributed by atoms with E-state index in [4.69, 9.17) is 17.0 Å². The number of nitrogens with one attached hydrogen (secondary N) is 3. The zero-order valence-corrected chi connectivity index (χ0v) is 19.8. The minimum Gasteiger partial charge on any atom is -0.483 e. The van der Waals surface area contributed by atoms with Gasteiger partial charge < -0.3 is 4.74 Å². The molecule has 0 aliphatic heterocycles. The highest BCUT2D eigenvalue weighted by molar-refractivity contribution is 9.10. The lowest BCUT2D eigenvalue weighted by molar-refractivity contribution is -0.121. The standard InChI is InChI=1S/C24H22BrN3O3S/c1-2-16-8-13-21(20(25)14-16)31-15-22(29)26-24(32)28-27-23(30)19-11-9-18(10-12-19)17-6-4-3-5-7-17/h3-14H,2,15H2,1H3,(H,27,30)(H2,26,28,29,32). The molecule has 0 atom stereocenters. The van der Waals surface area contributed by atoms with Crippen molar-refractivity contribution >= 4 is 45.1 Å². The number of benzene rings is 3. The van der Waals surface area contributed by atoms with Gasteiger partial charge in [-0.1, -0.05) is 55.5 Å². The molecular formula is C24H22BrN3O3S. The molecule has 0 aliphatic rings. The third kappa shape index (κ3) is 6.63. The Balaban J connectivity index is 1.44. The summed E-state index contributed by atoms with van der Waals surface area (Å²) in [6.45, 7) is 1.84. The lowest BCUT2D eigenvalue weighted by Crippen LogP contribution is -2.49. The third-order valence-electron chi connectivity index (χ3n) is 4.56. The maximum Gasteiger partial charge on any atom is 0.269 e. The second-order valence-corrected chi connectivity index (χ2v) is 8.07. The molecule has 0 aromatic heterocycles. The summed E-state index contributed by atoms with van der Waals surface area (Å²) in [6.07, 6.45) is 0.905. The summed E-state index contributed by atoms with van der Waals surface area (Å²) < 4.78 is 6.28. The molecule has 0 bridgehead atoms. The van der Waals surface area contributed by atoms with E-state index in [1.165, 1.54) is 0 Å². The lowest BCUT2D eigenvalue weighted by Gasteiger charge is -2.12. The van der Waals surface area contributed by atoms with Gasteiger partial charge in [-0.2, -0.15) is 0 Å². The maximum atomic E-state index is 12.3. The molecule has 3 N–H and O–H groups in total. The predicted molar refractivity (Wildman–Crippen MR) is 132 cm³/mol. The monoisotopic (exact) mass is 511 g/mol. The van der Waals surface area contributed by atoms with Crippen LogP contribution in [0.15, 0.2) is 77.3 Å². The zero-order chi connectivity index (χ0) is 22.9. The van der Waals surface area contributed by atoms with Crippen LogP contribution in [-0.2, 0) is 11.2 Å². The summed E-state index contributed by atoms with van der Waals surface area (Å²) in [4.78, 5) is 24.4. The van der Waals surface area contributed by atoms with Crippen molar-refractivity contribution in [3.8, 4) is 16.9 Å². The lowest BCUT2D eigenvalue weighted by atomic mass is 10.0. The van der Waals surface area contributed by atoms with Gasteiger partial charge in [0.2, 0.25) is 0 Å². The van der Waals surface area contributed by atoms with E-state index >= 15 is 0 Å². The van der Waals surface area contributed by atoms with Crippen LogP contribution in [0.2, 0.25) is 0 Å². The van der Waals surface area contributed by atoms with E-state index in [9.17, 15) is 9.59 Å². The fraction of sp³-hybridized carbons (Fsp3) is 0.125. The molecular weight excluding hydrogens is 490 g/mol. The van der Waals surface area contributed by atoms with Gasteiger partial charge in [0.1, 0.15) is 5.75 Å². The van der Waals surface area contributed by atoms with E-state index in [0.29, 0.717) is 11.3 Å². The van der Waals surface area contributed by atoms with Crippen molar-refractivity contribution in [2.45, 2.75) is 13.3 Å². The van der Waals surface area contributed by atoms with Gasteiger partial charge in [0.25, 0.3) is 11.8 Å². The molecule has 0 saturated carbocycles. The van der Waals surface area contributed by atoms with E-state index < -0.39 is 5.91 Å². The first kappa shape index (κ1) is 23.4. The number of thiocarbonyl (C=S) groups is 1. The van der Waals surface area contributed by atoms with Crippen molar-refractivity contribution in [1.82, 2.24) is 16.2 Å². The second-order valence-electron chi connectivity index (χ2n) is 6.81. The number of carbonyl (C=O) groups is 2. The Kier molecular flexibility index (Phi) is 8.35. The first-order valence-corrected chi connectivity index (χ1v) is 11.1. The molecule has 164 valence electrons. The molecule has 0 aliphatic carbocycles. The number of hydrogen-bond acceptors (Lipinski definition) is 4. The highest BCUT2D eigenvalue weighted by Crippen LogP contribution is 2.26. The smallest absolute Gasteiger partial charge is 0.269 e. The van der Waals surface area contributed by atoms with Crippen molar-refractivity contribution in [2.24, 2.45) is 0 Å². The summed E-state index contributed by atoms with van der Waals surface area (Å²) in [7, 11) is 0. The third-order valence-corrected chi connectivity index (χ3v) is 5.38. The Morgan fingerprint density at radius 1 is 0.938 bits per heavy atom. The Bertz CT molecular complexity index is 1110. The normalized spacial score (nSPS) is 10.2. The van der Waals surface area contributed by atoms with Crippen molar-refractivity contribution in [3.63, 3.8) is 0 Å². The van der Waals surface area contributed by atoms with Crippen LogP contribution < -0.4 is 20.9 Å². The molecule has 0 heterocycles. The topological polar surface area (TPSA) is 79.5 Å². The molecule has 8 heteroatoms. The zero-order valence-electron chi connectivity index (χ0n) is 17.4. The van der Waals surface area contributed by atoms with Gasteiger partial charge in [-0.05, 0) is 75.5 Å². The van der Waals surface area contributed by atoms with Crippen molar-refractivity contribution in [1.29, 1.82) is 0 Å². The van der Waals surface area contributed by atoms with Crippen LogP contribution >= 0.6 is 28.1 Å². The van der Waals surface area contributed by atoms with Crippen LogP contribution in [0, 0.1) is 0 Å². The first-order chi connectivity index (χ1) is 15.5. The molecule has 6 nitrogen and oxygen atoms in total. The Morgan fingerprint density at radius 3 is 2.28 bits per heavy atom. The molecule has 0 radical (unpaired) electrons. The number of hydrogen-bond donors (Lipinski definition) is 3. The second kappa shape index (κ2) is 11.4. The molecule has 0 saturated heterocycles. The van der Waals surface area contributed by atoms with Crippen LogP contribution in [0.25, 0.3) is 11.1 Å². The number of ether oxygens (including phenoxy) is 1. The number of halogens is 1. The number of amides is 2. The highest BCUT2D eigenvalue weighted by atomic mass is 79.9. The Labute approximate surface area is 200 Å². The van der Waals surface area contributed by atoms with Crippen LogP contribution in [0.3, 0.4) is 0 Å². The molecule has 0 spiro atoms. The molecule has 0 fully saturated rings. The summed E-state index contributed by atoms with van der Waals surface area (Å²) in [5.74, 6) is -0.267. The molecule has 3 aromatic rings. The quantitative estimate of drug-likeness (QED) is 0.337. The Hall–Kier alpha value is -3.23. The van der Waals surface area contributed by atoms with E-state index in [1.807, 2.05) is 54.6 Å². The number of rotatable bonds is 6. The fourth-order valence-electron chi connectivity index (χ4n) is 2.85. The number of carbonyl (C=O) groups excluding carboxylic acids is 2. The van der Waals surface area contributed by atoms with Gasteiger partial charge in [0.15, 0.2) is 11.7 Å². The highest BCUT2D eigenvalue weighted by Gasteiger charge is 2.10. The minimum atomic E-state index is -0.449. The first-order valence-electron chi connectivity index (χ1n) is 9.93. The molecule has 2 amide bonds. The van der Waals surface area contributed by atoms with Gasteiger partial charge in [-0.3, -0.25) is 25.8 Å². The van der Waals surface area contributed by atoms with Crippen molar-refractivity contribution in [2.75, 3.05) is 6.61 Å². The maximum absolute atomic E-state index is 12.3. The van der Waals surface area contributed by atoms with Gasteiger partial charge >= 0.3 is 0 Å².